The van der Waals surface area contributed by atoms with E-state index in [4.69, 9.17) is 10.2 Å². The van der Waals surface area contributed by atoms with Crippen molar-refractivity contribution in [3.8, 4) is 22.3 Å². The zero-order valence-corrected chi connectivity index (χ0v) is 35.1. The molecule has 10 rings (SSSR count). The van der Waals surface area contributed by atoms with E-state index in [1.54, 1.807) is 0 Å². The highest BCUT2D eigenvalue weighted by molar-refractivity contribution is 5.95. The van der Waals surface area contributed by atoms with Crippen LogP contribution in [-0.4, -0.2) is 43.2 Å². The van der Waals surface area contributed by atoms with E-state index in [0.29, 0.717) is 61.2 Å². The average molecular weight is 775 g/mol. The predicted octanol–water partition coefficient (Wildman–Crippen LogP) is 11.7. The van der Waals surface area contributed by atoms with Gasteiger partial charge in [0, 0.05) is 95.0 Å². The summed E-state index contributed by atoms with van der Waals surface area (Å²) in [6.07, 6.45) is 9.34. The lowest BCUT2D eigenvalue weighted by atomic mass is 9.96. The lowest BCUT2D eigenvalue weighted by Crippen LogP contribution is -2.17. The number of anilines is 2. The molecular weight excluding hydrogens is 717 g/mol. The molecular formula is C50H58N6O2. The van der Waals surface area contributed by atoms with Crippen LogP contribution >= 0.6 is 0 Å². The van der Waals surface area contributed by atoms with Gasteiger partial charge < -0.3 is 10.6 Å². The Bertz CT molecular complexity index is 2360. The maximum atomic E-state index is 12.2. The van der Waals surface area contributed by atoms with Gasteiger partial charge in [0.2, 0.25) is 0 Å². The number of carbonyl (C=O) groups is 2. The van der Waals surface area contributed by atoms with E-state index in [9.17, 15) is 9.59 Å². The van der Waals surface area contributed by atoms with Crippen LogP contribution in [0.2, 0.25) is 0 Å². The molecule has 4 aromatic carbocycles. The van der Waals surface area contributed by atoms with E-state index in [0.717, 1.165) is 35.3 Å². The van der Waals surface area contributed by atoms with Gasteiger partial charge in [0.25, 0.3) is 0 Å². The minimum absolute atomic E-state index is 0.156. The summed E-state index contributed by atoms with van der Waals surface area (Å²) in [4.78, 5) is 24.5. The van der Waals surface area contributed by atoms with Gasteiger partial charge in [-0.3, -0.25) is 19.0 Å². The molecule has 6 aromatic rings. The lowest BCUT2D eigenvalue weighted by molar-refractivity contribution is -0.119. The number of Topliss-reactive ketones (excluding diaryl/α,β-unsaturated/α-hetero) is 2. The first-order valence-corrected chi connectivity index (χ1v) is 21.9. The molecule has 4 heterocycles. The summed E-state index contributed by atoms with van der Waals surface area (Å²) in [7, 11) is 0. The first-order valence-electron chi connectivity index (χ1n) is 21.9. The number of nitrogens with zero attached hydrogens (tertiary/aromatic N) is 4. The second kappa shape index (κ2) is 15.5. The highest BCUT2D eigenvalue weighted by Crippen LogP contribution is 2.46. The van der Waals surface area contributed by atoms with Crippen molar-refractivity contribution >= 4 is 44.7 Å². The molecule has 4 aliphatic rings. The monoisotopic (exact) mass is 774 g/mol. The minimum Gasteiger partial charge on any atom is -0.381 e. The summed E-state index contributed by atoms with van der Waals surface area (Å²) < 4.78 is 4.44. The molecule has 4 atom stereocenters. The van der Waals surface area contributed by atoms with E-state index in [1.165, 1.54) is 81.1 Å². The predicted molar refractivity (Wildman–Crippen MR) is 237 cm³/mol. The van der Waals surface area contributed by atoms with Crippen LogP contribution in [0.5, 0.6) is 0 Å². The number of ketones is 2. The van der Waals surface area contributed by atoms with Crippen LogP contribution in [-0.2, 0) is 22.4 Å². The second-order valence-electron chi connectivity index (χ2n) is 17.8. The molecule has 2 aromatic heterocycles. The van der Waals surface area contributed by atoms with Gasteiger partial charge in [-0.1, -0.05) is 62.4 Å². The molecule has 8 heteroatoms. The van der Waals surface area contributed by atoms with Crippen molar-refractivity contribution in [3.63, 3.8) is 0 Å². The molecule has 2 saturated carbocycles. The fraction of sp³-hybridized carbons (Fsp3) is 0.440. The Morgan fingerprint density at radius 2 is 1.03 bits per heavy atom. The van der Waals surface area contributed by atoms with Gasteiger partial charge in [-0.25, -0.2) is 0 Å². The van der Waals surface area contributed by atoms with Crippen molar-refractivity contribution in [2.75, 3.05) is 10.6 Å². The van der Waals surface area contributed by atoms with E-state index in [2.05, 4.69) is 134 Å². The normalized spacial score (nSPS) is 20.2. The molecule has 0 spiro atoms. The molecule has 0 unspecified atom stereocenters. The molecule has 2 aliphatic heterocycles. The Morgan fingerprint density at radius 1 is 0.621 bits per heavy atom. The number of aromatic nitrogens is 4. The third-order valence-corrected chi connectivity index (χ3v) is 13.0. The largest absolute Gasteiger partial charge is 0.381 e. The number of rotatable bonds is 8. The van der Waals surface area contributed by atoms with Gasteiger partial charge in [-0.05, 0) is 113 Å². The van der Waals surface area contributed by atoms with Gasteiger partial charge in [0.05, 0.1) is 22.4 Å². The highest BCUT2D eigenvalue weighted by atomic mass is 16.1. The van der Waals surface area contributed by atoms with E-state index >= 15 is 0 Å². The van der Waals surface area contributed by atoms with Crippen molar-refractivity contribution in [2.24, 2.45) is 0 Å². The van der Waals surface area contributed by atoms with Crippen molar-refractivity contribution in [1.82, 2.24) is 19.6 Å². The third kappa shape index (κ3) is 7.35. The number of benzene rings is 4. The van der Waals surface area contributed by atoms with Crippen LogP contribution in [0.1, 0.15) is 139 Å². The van der Waals surface area contributed by atoms with Crippen molar-refractivity contribution in [1.29, 1.82) is 0 Å². The number of carbonyl (C=O) groups excluding carboxylic acids is 2. The standard InChI is InChI=1S/2C25H29N3O/c2*1-4-16(3)28-23-11-10-18(14-22(23)25(27-28)17-8-9-17)21-7-5-6-19-13-20(29)12-15(2)26-24(19)21/h2*5-7,10-11,14-17,26H,4,8-9,12-13H2,1-3H3/t15-,16+;15-,16-/m11/s1. The molecule has 0 saturated heterocycles. The van der Waals surface area contributed by atoms with Crippen molar-refractivity contribution in [3.05, 3.63) is 95.3 Å². The van der Waals surface area contributed by atoms with Crippen LogP contribution in [0.15, 0.2) is 72.8 Å². The zero-order chi connectivity index (χ0) is 40.2. The van der Waals surface area contributed by atoms with Crippen LogP contribution in [0.3, 0.4) is 0 Å². The highest BCUT2D eigenvalue weighted by Gasteiger charge is 2.32. The molecule has 8 nitrogen and oxygen atoms in total. The molecule has 2 aliphatic carbocycles. The quantitative estimate of drug-likeness (QED) is 0.160. The van der Waals surface area contributed by atoms with Gasteiger partial charge in [-0.15, -0.1) is 0 Å². The van der Waals surface area contributed by atoms with Crippen molar-refractivity contribution in [2.45, 2.75) is 142 Å². The van der Waals surface area contributed by atoms with Gasteiger partial charge >= 0.3 is 0 Å². The second-order valence-corrected chi connectivity index (χ2v) is 17.8. The SMILES string of the molecule is CC[C@@H](C)n1nc(C2CC2)c2cc(-c3cccc4c3N[C@H](C)CC(=O)C4)ccc21.CC[C@H](C)n1nc(C2CC2)c2cc(-c3cccc4c3N[C@H](C)CC(=O)C4)ccc21. The van der Waals surface area contributed by atoms with Crippen LogP contribution in [0, 0.1) is 0 Å². The minimum atomic E-state index is 0.156. The smallest absolute Gasteiger partial charge is 0.139 e. The van der Waals surface area contributed by atoms with Gasteiger partial charge in [0.15, 0.2) is 0 Å². The van der Waals surface area contributed by atoms with Crippen LogP contribution < -0.4 is 10.6 Å². The summed E-state index contributed by atoms with van der Waals surface area (Å²) in [5.41, 5.74) is 14.2. The maximum absolute atomic E-state index is 12.2. The third-order valence-electron chi connectivity index (χ3n) is 13.0. The molecule has 2 fully saturated rings. The Balaban J connectivity index is 0.000000150. The summed E-state index contributed by atoms with van der Waals surface area (Å²) in [6.45, 7) is 13.1. The Kier molecular flexibility index (Phi) is 10.2. The number of hydrogen-bond acceptors (Lipinski definition) is 6. The van der Waals surface area contributed by atoms with Gasteiger partial charge in [0.1, 0.15) is 11.6 Å². The topological polar surface area (TPSA) is 93.8 Å². The molecule has 0 amide bonds. The van der Waals surface area contributed by atoms with Crippen molar-refractivity contribution < 1.29 is 9.59 Å². The maximum Gasteiger partial charge on any atom is 0.139 e. The summed E-state index contributed by atoms with van der Waals surface area (Å²) in [6, 6.07) is 27.3. The summed E-state index contributed by atoms with van der Waals surface area (Å²) in [5, 5.41) is 19.9. The first kappa shape index (κ1) is 38.3. The van der Waals surface area contributed by atoms with E-state index in [-0.39, 0.29) is 12.1 Å². The number of para-hydroxylation sites is 2. The number of hydrogen-bond donors (Lipinski definition) is 2. The fourth-order valence-electron chi connectivity index (χ4n) is 9.16. The summed E-state index contributed by atoms with van der Waals surface area (Å²) in [5.74, 6) is 1.84. The van der Waals surface area contributed by atoms with Crippen LogP contribution in [0.25, 0.3) is 44.1 Å². The van der Waals surface area contributed by atoms with E-state index in [1.807, 2.05) is 0 Å². The Morgan fingerprint density at radius 3 is 1.41 bits per heavy atom. The molecule has 58 heavy (non-hydrogen) atoms. The first-order chi connectivity index (χ1) is 28.1. The van der Waals surface area contributed by atoms with E-state index < -0.39 is 0 Å². The lowest BCUT2D eigenvalue weighted by Gasteiger charge is -2.17. The molecule has 0 radical (unpaired) electrons. The van der Waals surface area contributed by atoms with Gasteiger partial charge in [-0.2, -0.15) is 10.2 Å². The van der Waals surface area contributed by atoms with Crippen LogP contribution in [0.4, 0.5) is 11.4 Å². The number of fused-ring (bicyclic) bond motifs is 4. The molecule has 0 bridgehead atoms. The molecule has 300 valence electrons. The summed E-state index contributed by atoms with van der Waals surface area (Å²) >= 11 is 0. The Hall–Kier alpha value is -5.24. The molecule has 2 N–H and O–H groups in total. The zero-order valence-electron chi connectivity index (χ0n) is 35.1. The number of nitrogens with one attached hydrogen (secondary N) is 2. The average Bonchev–Trinajstić information content (AvgIpc) is 4.16. The Labute approximate surface area is 342 Å². The fourth-order valence-corrected chi connectivity index (χ4v) is 9.16.